The highest BCUT2D eigenvalue weighted by atomic mass is 19.1. The quantitative estimate of drug-likeness (QED) is 0.267. The van der Waals surface area contributed by atoms with E-state index in [1.807, 2.05) is 59.2 Å². The summed E-state index contributed by atoms with van der Waals surface area (Å²) in [6.07, 6.45) is 3.98. The van der Waals surface area contributed by atoms with Gasteiger partial charge in [-0.15, -0.1) is 0 Å². The van der Waals surface area contributed by atoms with Gasteiger partial charge in [-0.1, -0.05) is 18.2 Å². The molecule has 1 fully saturated rings. The Labute approximate surface area is 225 Å². The lowest BCUT2D eigenvalue weighted by molar-refractivity contribution is 0.102. The van der Waals surface area contributed by atoms with Crippen LogP contribution in [0.1, 0.15) is 28.8 Å². The second kappa shape index (κ2) is 10.7. The molecule has 0 bridgehead atoms. The molecule has 1 aliphatic heterocycles. The molecule has 5 aromatic rings. The summed E-state index contributed by atoms with van der Waals surface area (Å²) in [5, 5.41) is 13.7. The lowest BCUT2D eigenvalue weighted by atomic mass is 10.0. The number of hydrogen-bond donors (Lipinski definition) is 3. The Kier molecular flexibility index (Phi) is 6.81. The van der Waals surface area contributed by atoms with Crippen molar-refractivity contribution in [1.29, 1.82) is 0 Å². The number of nitrogens with one attached hydrogen (secondary N) is 3. The van der Waals surface area contributed by atoms with E-state index in [9.17, 15) is 9.18 Å². The van der Waals surface area contributed by atoms with Gasteiger partial charge in [-0.2, -0.15) is 5.10 Å². The summed E-state index contributed by atoms with van der Waals surface area (Å²) < 4.78 is 15.6. The zero-order chi connectivity index (χ0) is 26.8. The fourth-order valence-electron chi connectivity index (χ4n) is 5.01. The number of amides is 1. The third-order valence-electron chi connectivity index (χ3n) is 7.23. The molecule has 0 unspecified atom stereocenters. The summed E-state index contributed by atoms with van der Waals surface area (Å²) in [7, 11) is 2.15. The molecule has 198 valence electrons. The molecule has 0 aliphatic carbocycles. The maximum absolute atomic E-state index is 13.6. The molecule has 0 atom stereocenters. The molecule has 3 aromatic carbocycles. The molecule has 1 aliphatic rings. The van der Waals surface area contributed by atoms with E-state index < -0.39 is 0 Å². The molecule has 8 nitrogen and oxygen atoms in total. The summed E-state index contributed by atoms with van der Waals surface area (Å²) in [5.74, 6) is -0.0377. The Hall–Kier alpha value is -4.50. The van der Waals surface area contributed by atoms with Gasteiger partial charge < -0.3 is 20.1 Å². The number of benzene rings is 3. The predicted molar refractivity (Wildman–Crippen MR) is 151 cm³/mol. The number of H-pyrrole nitrogens is 1. The van der Waals surface area contributed by atoms with Crippen LogP contribution in [0.25, 0.3) is 22.3 Å². The maximum Gasteiger partial charge on any atom is 0.256 e. The van der Waals surface area contributed by atoms with Crippen molar-refractivity contribution >= 4 is 28.4 Å². The number of anilines is 2. The van der Waals surface area contributed by atoms with Gasteiger partial charge in [0.25, 0.3) is 5.91 Å². The van der Waals surface area contributed by atoms with Gasteiger partial charge in [0.05, 0.1) is 23.1 Å². The fraction of sp³-hybridized carbons (Fsp3) is 0.233. The average Bonchev–Trinajstić information content (AvgIpc) is 3.57. The highest BCUT2D eigenvalue weighted by Crippen LogP contribution is 2.25. The van der Waals surface area contributed by atoms with Crippen LogP contribution in [-0.4, -0.2) is 56.7 Å². The summed E-state index contributed by atoms with van der Waals surface area (Å²) in [5.41, 5.74) is 5.88. The minimum absolute atomic E-state index is 0.220. The number of imidazole rings is 1. The van der Waals surface area contributed by atoms with Crippen molar-refractivity contribution in [2.75, 3.05) is 30.8 Å². The highest BCUT2D eigenvalue weighted by molar-refractivity contribution is 6.04. The maximum atomic E-state index is 13.6. The van der Waals surface area contributed by atoms with E-state index in [2.05, 4.69) is 37.8 Å². The Bertz CT molecular complexity index is 1600. The zero-order valence-electron chi connectivity index (χ0n) is 21.7. The van der Waals surface area contributed by atoms with Crippen molar-refractivity contribution < 1.29 is 9.18 Å². The standard InChI is InChI=1S/C30H30FN7O/c1-37-13-11-25(12-14-37)33-24-8-5-21(6-9-24)30(39)34-29-17-27(35-36-29)22-7-10-26-28(16-22)38(19-32-26)18-20-3-2-4-23(31)15-20/h2-10,15-17,19,25,33H,11-14,18H2,1H3,(H2,34,35,36,39). The van der Waals surface area contributed by atoms with Crippen LogP contribution in [-0.2, 0) is 6.54 Å². The normalized spacial score (nSPS) is 14.5. The number of carbonyl (C=O) groups is 1. The summed E-state index contributed by atoms with van der Waals surface area (Å²) >= 11 is 0. The first-order valence-corrected chi connectivity index (χ1v) is 13.1. The molecule has 2 aromatic heterocycles. The Morgan fingerprint density at radius 1 is 1.05 bits per heavy atom. The first-order chi connectivity index (χ1) is 19.0. The van der Waals surface area contributed by atoms with Crippen molar-refractivity contribution in [3.63, 3.8) is 0 Å². The molecule has 39 heavy (non-hydrogen) atoms. The van der Waals surface area contributed by atoms with Crippen LogP contribution >= 0.6 is 0 Å². The van der Waals surface area contributed by atoms with Gasteiger partial charge in [0.2, 0.25) is 0 Å². The van der Waals surface area contributed by atoms with Crippen LogP contribution in [0.5, 0.6) is 0 Å². The third-order valence-corrected chi connectivity index (χ3v) is 7.23. The van der Waals surface area contributed by atoms with Crippen molar-refractivity contribution in [3.05, 3.63) is 96.1 Å². The van der Waals surface area contributed by atoms with Crippen LogP contribution in [0, 0.1) is 5.82 Å². The van der Waals surface area contributed by atoms with Gasteiger partial charge in [-0.3, -0.25) is 9.89 Å². The van der Waals surface area contributed by atoms with E-state index in [0.717, 1.165) is 59.5 Å². The van der Waals surface area contributed by atoms with E-state index in [4.69, 9.17) is 0 Å². The van der Waals surface area contributed by atoms with Gasteiger partial charge in [-0.25, -0.2) is 9.37 Å². The molecule has 3 N–H and O–H groups in total. The first-order valence-electron chi connectivity index (χ1n) is 13.1. The molecule has 1 amide bonds. The number of aromatic amines is 1. The number of likely N-dealkylation sites (tertiary alicyclic amines) is 1. The monoisotopic (exact) mass is 523 g/mol. The molecule has 0 saturated carbocycles. The number of piperidine rings is 1. The van der Waals surface area contributed by atoms with Gasteiger partial charge >= 0.3 is 0 Å². The first kappa shape index (κ1) is 24.8. The van der Waals surface area contributed by atoms with Crippen molar-refractivity contribution in [2.24, 2.45) is 0 Å². The average molecular weight is 524 g/mol. The fourth-order valence-corrected chi connectivity index (χ4v) is 5.01. The second-order valence-electron chi connectivity index (χ2n) is 10.1. The van der Waals surface area contributed by atoms with Gasteiger partial charge in [0, 0.05) is 35.5 Å². The van der Waals surface area contributed by atoms with Crippen LogP contribution < -0.4 is 10.6 Å². The number of aromatic nitrogens is 4. The van der Waals surface area contributed by atoms with Gasteiger partial charge in [-0.05, 0) is 87.1 Å². The molecule has 6 rings (SSSR count). The van der Waals surface area contributed by atoms with Gasteiger partial charge in [0.1, 0.15) is 5.82 Å². The third kappa shape index (κ3) is 5.68. The Morgan fingerprint density at radius 2 is 1.87 bits per heavy atom. The topological polar surface area (TPSA) is 90.9 Å². The van der Waals surface area contributed by atoms with E-state index in [0.29, 0.717) is 24.0 Å². The van der Waals surface area contributed by atoms with E-state index in [1.165, 1.54) is 12.1 Å². The Morgan fingerprint density at radius 3 is 2.67 bits per heavy atom. The molecule has 9 heteroatoms. The molecular weight excluding hydrogens is 493 g/mol. The number of fused-ring (bicyclic) bond motifs is 1. The van der Waals surface area contributed by atoms with E-state index in [-0.39, 0.29) is 11.7 Å². The van der Waals surface area contributed by atoms with Crippen molar-refractivity contribution in [3.8, 4) is 11.3 Å². The number of rotatable bonds is 7. The molecule has 0 radical (unpaired) electrons. The molecular formula is C30H30FN7O. The highest BCUT2D eigenvalue weighted by Gasteiger charge is 2.17. The molecule has 1 saturated heterocycles. The molecule has 0 spiro atoms. The van der Waals surface area contributed by atoms with Crippen LogP contribution in [0.2, 0.25) is 0 Å². The zero-order valence-corrected chi connectivity index (χ0v) is 21.7. The predicted octanol–water partition coefficient (Wildman–Crippen LogP) is 5.37. The van der Waals surface area contributed by atoms with Crippen molar-refractivity contribution in [2.45, 2.75) is 25.4 Å². The number of nitrogens with zero attached hydrogens (tertiary/aromatic N) is 4. The Balaban J connectivity index is 1.12. The van der Waals surface area contributed by atoms with Crippen LogP contribution in [0.15, 0.2) is 79.1 Å². The van der Waals surface area contributed by atoms with E-state index >= 15 is 0 Å². The minimum atomic E-state index is -0.259. The number of hydrogen-bond acceptors (Lipinski definition) is 5. The summed E-state index contributed by atoms with van der Waals surface area (Å²) in [6.45, 7) is 2.70. The van der Waals surface area contributed by atoms with Crippen LogP contribution in [0.4, 0.5) is 15.9 Å². The smallest absolute Gasteiger partial charge is 0.256 e. The van der Waals surface area contributed by atoms with Crippen molar-refractivity contribution in [1.82, 2.24) is 24.6 Å². The largest absolute Gasteiger partial charge is 0.382 e. The van der Waals surface area contributed by atoms with Gasteiger partial charge in [0.15, 0.2) is 5.82 Å². The SMILES string of the molecule is CN1CCC(Nc2ccc(C(=O)Nc3cc(-c4ccc5ncn(Cc6cccc(F)c6)c5c4)[nH]n3)cc2)CC1. The summed E-state index contributed by atoms with van der Waals surface area (Å²) in [4.78, 5) is 19.7. The number of halogens is 1. The minimum Gasteiger partial charge on any atom is -0.382 e. The molecule has 3 heterocycles. The number of carbonyl (C=O) groups excluding carboxylic acids is 1. The summed E-state index contributed by atoms with van der Waals surface area (Å²) in [6, 6.07) is 22.3. The lowest BCUT2D eigenvalue weighted by Crippen LogP contribution is -2.36. The second-order valence-corrected chi connectivity index (χ2v) is 10.1. The lowest BCUT2D eigenvalue weighted by Gasteiger charge is -2.30. The van der Waals surface area contributed by atoms with Crippen LogP contribution in [0.3, 0.4) is 0 Å². The van der Waals surface area contributed by atoms with E-state index in [1.54, 1.807) is 12.4 Å².